The highest BCUT2D eigenvalue weighted by atomic mass is 16.5. The Morgan fingerprint density at radius 1 is 1.06 bits per heavy atom. The van der Waals surface area contributed by atoms with E-state index in [1.165, 1.54) is 0 Å². The van der Waals surface area contributed by atoms with Gasteiger partial charge in [0, 0.05) is 17.7 Å². The number of aryl methyl sites for hydroxylation is 3. The lowest BCUT2D eigenvalue weighted by molar-refractivity contribution is -0.151. The maximum atomic E-state index is 12.3. The van der Waals surface area contributed by atoms with Gasteiger partial charge in [-0.2, -0.15) is 0 Å². The van der Waals surface area contributed by atoms with Gasteiger partial charge in [0.25, 0.3) is 11.8 Å². The number of nitrogens with one attached hydrogen (secondary N) is 2. The molecule has 1 fully saturated rings. The van der Waals surface area contributed by atoms with Crippen LogP contribution >= 0.6 is 0 Å². The molecule has 3 rings (SSSR count). The highest BCUT2D eigenvalue weighted by Gasteiger charge is 2.36. The molecule has 1 saturated heterocycles. The number of hydrogen-bond acceptors (Lipinski definition) is 5. The van der Waals surface area contributed by atoms with E-state index >= 15 is 0 Å². The Morgan fingerprint density at radius 2 is 1.84 bits per heavy atom. The Morgan fingerprint density at radius 3 is 2.55 bits per heavy atom. The predicted octanol–water partition coefficient (Wildman–Crippen LogP) is 2.29. The fourth-order valence-corrected chi connectivity index (χ4v) is 3.22. The number of hydrogen-bond donors (Lipinski definition) is 2. The smallest absolute Gasteiger partial charge is 0.311 e. The van der Waals surface area contributed by atoms with Gasteiger partial charge in [0.2, 0.25) is 5.91 Å². The van der Waals surface area contributed by atoms with Crippen molar-refractivity contribution in [1.29, 1.82) is 0 Å². The largest absolute Gasteiger partial charge is 0.455 e. The van der Waals surface area contributed by atoms with Crippen molar-refractivity contribution in [3.8, 4) is 0 Å². The van der Waals surface area contributed by atoms with Gasteiger partial charge in [-0.3, -0.25) is 29.6 Å². The summed E-state index contributed by atoms with van der Waals surface area (Å²) in [6, 6.07) is 12.4. The van der Waals surface area contributed by atoms with Gasteiger partial charge < -0.3 is 10.1 Å². The molecule has 0 aromatic heterocycles. The molecule has 162 valence electrons. The highest BCUT2D eigenvalue weighted by molar-refractivity contribution is 5.97. The molecule has 2 aromatic rings. The van der Waals surface area contributed by atoms with E-state index in [1.807, 2.05) is 39.0 Å². The zero-order valence-corrected chi connectivity index (χ0v) is 17.7. The second-order valence-electron chi connectivity index (χ2n) is 7.67. The van der Waals surface area contributed by atoms with Crippen LogP contribution in [0, 0.1) is 26.7 Å². The normalized spacial score (nSPS) is 15.5. The third kappa shape index (κ3) is 5.69. The SMILES string of the molecule is Cc1cccc(C(=O)NN2C[C@@H](C(=O)OCC(=O)Nc3ccc(C)c(C)c3)CC2=O)c1. The van der Waals surface area contributed by atoms with Gasteiger partial charge in [-0.1, -0.05) is 23.8 Å². The Kier molecular flexibility index (Phi) is 6.69. The first-order valence-electron chi connectivity index (χ1n) is 9.94. The maximum absolute atomic E-state index is 12.3. The summed E-state index contributed by atoms with van der Waals surface area (Å²) in [6.45, 7) is 5.31. The molecule has 8 heteroatoms. The number of amides is 3. The number of carbonyl (C=O) groups is 4. The molecule has 2 aromatic carbocycles. The van der Waals surface area contributed by atoms with Crippen LogP contribution in [0.2, 0.25) is 0 Å². The van der Waals surface area contributed by atoms with E-state index in [-0.39, 0.29) is 18.9 Å². The van der Waals surface area contributed by atoms with E-state index in [1.54, 1.807) is 24.3 Å². The fraction of sp³-hybridized carbons (Fsp3) is 0.304. The number of benzene rings is 2. The van der Waals surface area contributed by atoms with E-state index in [2.05, 4.69) is 10.7 Å². The minimum Gasteiger partial charge on any atom is -0.455 e. The van der Waals surface area contributed by atoms with Crippen molar-refractivity contribution < 1.29 is 23.9 Å². The molecule has 1 aliphatic heterocycles. The third-order valence-electron chi connectivity index (χ3n) is 5.11. The molecule has 0 radical (unpaired) electrons. The second-order valence-corrected chi connectivity index (χ2v) is 7.67. The van der Waals surface area contributed by atoms with Gasteiger partial charge in [-0.25, -0.2) is 0 Å². The predicted molar refractivity (Wildman–Crippen MR) is 114 cm³/mol. The standard InChI is InChI=1S/C23H25N3O5/c1-14-5-4-6-17(9-14)22(29)25-26-12-18(11-21(26)28)23(30)31-13-20(27)24-19-8-7-15(2)16(3)10-19/h4-10,18H,11-13H2,1-3H3,(H,24,27)(H,25,29)/t18-/m0/s1. The molecule has 0 spiro atoms. The highest BCUT2D eigenvalue weighted by Crippen LogP contribution is 2.18. The molecule has 1 atom stereocenters. The van der Waals surface area contributed by atoms with Crippen LogP contribution < -0.4 is 10.7 Å². The summed E-state index contributed by atoms with van der Waals surface area (Å²) in [5.74, 6) is -2.69. The average Bonchev–Trinajstić information content (AvgIpc) is 3.09. The van der Waals surface area contributed by atoms with Gasteiger partial charge in [0.1, 0.15) is 0 Å². The summed E-state index contributed by atoms with van der Waals surface area (Å²) in [7, 11) is 0. The van der Waals surface area contributed by atoms with Crippen molar-refractivity contribution in [2.75, 3.05) is 18.5 Å². The Labute approximate surface area is 180 Å². The van der Waals surface area contributed by atoms with Crippen molar-refractivity contribution in [3.05, 3.63) is 64.7 Å². The summed E-state index contributed by atoms with van der Waals surface area (Å²) >= 11 is 0. The fourth-order valence-electron chi connectivity index (χ4n) is 3.22. The monoisotopic (exact) mass is 423 g/mol. The molecule has 0 unspecified atom stereocenters. The van der Waals surface area contributed by atoms with Crippen LogP contribution in [0.5, 0.6) is 0 Å². The number of ether oxygens (including phenoxy) is 1. The lowest BCUT2D eigenvalue weighted by atomic mass is 10.1. The zero-order chi connectivity index (χ0) is 22.5. The summed E-state index contributed by atoms with van der Waals surface area (Å²) in [4.78, 5) is 48.9. The van der Waals surface area contributed by atoms with Crippen LogP contribution in [0.15, 0.2) is 42.5 Å². The summed E-state index contributed by atoms with van der Waals surface area (Å²) in [6.07, 6.45) is -0.0916. The van der Waals surface area contributed by atoms with E-state index in [4.69, 9.17) is 4.74 Å². The molecule has 31 heavy (non-hydrogen) atoms. The first-order chi connectivity index (χ1) is 14.7. The molecular weight excluding hydrogens is 398 g/mol. The molecule has 3 amide bonds. The quantitative estimate of drug-likeness (QED) is 0.694. The zero-order valence-electron chi connectivity index (χ0n) is 17.7. The first-order valence-corrected chi connectivity index (χ1v) is 9.94. The van der Waals surface area contributed by atoms with Crippen LogP contribution in [0.25, 0.3) is 0 Å². The first kappa shape index (κ1) is 22.0. The molecule has 1 aliphatic rings. The van der Waals surface area contributed by atoms with Gasteiger partial charge in [-0.05, 0) is 56.2 Å². The van der Waals surface area contributed by atoms with Crippen LogP contribution in [0.3, 0.4) is 0 Å². The van der Waals surface area contributed by atoms with Crippen molar-refractivity contribution in [2.45, 2.75) is 27.2 Å². The van der Waals surface area contributed by atoms with E-state index in [0.29, 0.717) is 11.3 Å². The lowest BCUT2D eigenvalue weighted by Gasteiger charge is -2.17. The minimum absolute atomic E-state index is 0.00595. The van der Waals surface area contributed by atoms with E-state index in [0.717, 1.165) is 21.7 Å². The Balaban J connectivity index is 1.48. The molecular formula is C23H25N3O5. The number of carbonyl (C=O) groups excluding carboxylic acids is 4. The number of hydrazine groups is 1. The Bertz CT molecular complexity index is 1030. The van der Waals surface area contributed by atoms with Crippen LogP contribution in [0.4, 0.5) is 5.69 Å². The molecule has 2 N–H and O–H groups in total. The lowest BCUT2D eigenvalue weighted by Crippen LogP contribution is -2.43. The second kappa shape index (κ2) is 9.42. The summed E-state index contributed by atoms with van der Waals surface area (Å²) in [5.41, 5.74) is 6.61. The summed E-state index contributed by atoms with van der Waals surface area (Å²) in [5, 5.41) is 3.79. The van der Waals surface area contributed by atoms with Crippen LogP contribution in [0.1, 0.15) is 33.5 Å². The van der Waals surface area contributed by atoms with Crippen LogP contribution in [-0.2, 0) is 19.1 Å². The van der Waals surface area contributed by atoms with Crippen molar-refractivity contribution in [2.24, 2.45) is 5.92 Å². The van der Waals surface area contributed by atoms with Gasteiger partial charge in [0.05, 0.1) is 12.5 Å². The van der Waals surface area contributed by atoms with Crippen molar-refractivity contribution in [3.63, 3.8) is 0 Å². The van der Waals surface area contributed by atoms with Crippen molar-refractivity contribution >= 4 is 29.4 Å². The molecule has 0 aliphatic carbocycles. The van der Waals surface area contributed by atoms with Crippen molar-refractivity contribution in [1.82, 2.24) is 10.4 Å². The van der Waals surface area contributed by atoms with E-state index in [9.17, 15) is 19.2 Å². The average molecular weight is 423 g/mol. The third-order valence-corrected chi connectivity index (χ3v) is 5.11. The van der Waals surface area contributed by atoms with E-state index < -0.39 is 30.3 Å². The number of esters is 1. The maximum Gasteiger partial charge on any atom is 0.311 e. The van der Waals surface area contributed by atoms with Gasteiger partial charge in [-0.15, -0.1) is 0 Å². The Hall–Kier alpha value is -3.68. The summed E-state index contributed by atoms with van der Waals surface area (Å²) < 4.78 is 5.07. The van der Waals surface area contributed by atoms with Crippen LogP contribution in [-0.4, -0.2) is 41.9 Å². The molecule has 1 heterocycles. The molecule has 0 bridgehead atoms. The number of rotatable bonds is 6. The topological polar surface area (TPSA) is 105 Å². The minimum atomic E-state index is -0.750. The van der Waals surface area contributed by atoms with Gasteiger partial charge in [0.15, 0.2) is 6.61 Å². The molecule has 8 nitrogen and oxygen atoms in total. The number of anilines is 1. The number of nitrogens with zero attached hydrogens (tertiary/aromatic N) is 1. The van der Waals surface area contributed by atoms with Gasteiger partial charge >= 0.3 is 5.97 Å². The molecule has 0 saturated carbocycles.